The Morgan fingerprint density at radius 3 is 3.19 bits per heavy atom. The molecule has 6 nitrogen and oxygen atoms in total. The number of morpholine rings is 1. The zero-order chi connectivity index (χ0) is 11.5. The van der Waals surface area contributed by atoms with Crippen LogP contribution < -0.4 is 5.73 Å². The van der Waals surface area contributed by atoms with Crippen molar-refractivity contribution in [3.63, 3.8) is 0 Å². The molecule has 88 valence electrons. The largest absolute Gasteiger partial charge is 0.367 e. The van der Waals surface area contributed by atoms with Gasteiger partial charge in [-0.2, -0.15) is 0 Å². The topological polar surface area (TPSA) is 81.6 Å². The Hall–Kier alpha value is -1.40. The third-order valence-corrected chi connectivity index (χ3v) is 2.53. The number of aryl methyl sites for hydroxylation is 1. The first-order valence-corrected chi connectivity index (χ1v) is 5.20. The molecule has 0 radical (unpaired) electrons. The fourth-order valence-electron chi connectivity index (χ4n) is 1.74. The molecule has 0 aromatic carbocycles. The van der Waals surface area contributed by atoms with Crippen LogP contribution in [0.5, 0.6) is 0 Å². The van der Waals surface area contributed by atoms with Gasteiger partial charge in [-0.05, 0) is 6.92 Å². The smallest absolute Gasteiger partial charge is 0.247 e. The van der Waals surface area contributed by atoms with Crippen molar-refractivity contribution in [3.05, 3.63) is 17.5 Å². The van der Waals surface area contributed by atoms with Crippen LogP contribution in [0.15, 0.2) is 10.6 Å². The van der Waals surface area contributed by atoms with Crippen molar-refractivity contribution in [3.8, 4) is 0 Å². The van der Waals surface area contributed by atoms with E-state index < -0.39 is 12.0 Å². The summed E-state index contributed by atoms with van der Waals surface area (Å²) in [5.41, 5.74) is 6.07. The quantitative estimate of drug-likeness (QED) is 0.761. The van der Waals surface area contributed by atoms with Crippen LogP contribution in [-0.4, -0.2) is 41.8 Å². The maximum absolute atomic E-state index is 11.0. The molecular formula is C10H15N3O3. The fraction of sp³-hybridized carbons (Fsp3) is 0.600. The molecule has 16 heavy (non-hydrogen) atoms. The maximum Gasteiger partial charge on any atom is 0.247 e. The predicted octanol–water partition coefficient (Wildman–Crippen LogP) is -0.331. The molecular weight excluding hydrogens is 210 g/mol. The van der Waals surface area contributed by atoms with Crippen molar-refractivity contribution in [1.82, 2.24) is 10.1 Å². The molecule has 1 unspecified atom stereocenters. The number of nitrogens with zero attached hydrogens (tertiary/aromatic N) is 2. The van der Waals surface area contributed by atoms with Crippen LogP contribution in [0.4, 0.5) is 0 Å². The summed E-state index contributed by atoms with van der Waals surface area (Å²) < 4.78 is 10.2. The number of carbonyl (C=O) groups excluding carboxylic acids is 1. The van der Waals surface area contributed by atoms with E-state index in [4.69, 9.17) is 15.0 Å². The first kappa shape index (κ1) is 11.1. The van der Waals surface area contributed by atoms with Crippen LogP contribution in [0.25, 0.3) is 0 Å². The second kappa shape index (κ2) is 4.63. The zero-order valence-corrected chi connectivity index (χ0v) is 9.18. The first-order chi connectivity index (χ1) is 7.65. The van der Waals surface area contributed by atoms with Crippen molar-refractivity contribution in [2.24, 2.45) is 5.73 Å². The second-order valence-corrected chi connectivity index (χ2v) is 3.93. The zero-order valence-electron chi connectivity index (χ0n) is 9.18. The molecule has 1 fully saturated rings. The minimum atomic E-state index is -0.512. The van der Waals surface area contributed by atoms with E-state index in [0.29, 0.717) is 19.7 Å². The summed E-state index contributed by atoms with van der Waals surface area (Å²) in [6, 6.07) is 1.88. The average Bonchev–Trinajstić information content (AvgIpc) is 2.64. The van der Waals surface area contributed by atoms with Gasteiger partial charge in [0, 0.05) is 25.7 Å². The van der Waals surface area contributed by atoms with Gasteiger partial charge in [-0.25, -0.2) is 0 Å². The number of aromatic nitrogens is 1. The number of hydrogen-bond acceptors (Lipinski definition) is 5. The minimum Gasteiger partial charge on any atom is -0.367 e. The van der Waals surface area contributed by atoms with Crippen LogP contribution >= 0.6 is 0 Å². The summed E-state index contributed by atoms with van der Waals surface area (Å²) in [4.78, 5) is 13.1. The second-order valence-electron chi connectivity index (χ2n) is 3.93. The van der Waals surface area contributed by atoms with Gasteiger partial charge in [0.1, 0.15) is 11.9 Å². The lowest BCUT2D eigenvalue weighted by atomic mass is 10.2. The lowest BCUT2D eigenvalue weighted by Gasteiger charge is -2.30. The van der Waals surface area contributed by atoms with E-state index >= 15 is 0 Å². The summed E-state index contributed by atoms with van der Waals surface area (Å²) in [5.74, 6) is 0.371. The minimum absolute atomic E-state index is 0.416. The molecule has 1 amide bonds. The van der Waals surface area contributed by atoms with Gasteiger partial charge in [0.15, 0.2) is 0 Å². The van der Waals surface area contributed by atoms with Crippen molar-refractivity contribution in [1.29, 1.82) is 0 Å². The normalized spacial score (nSPS) is 22.2. The van der Waals surface area contributed by atoms with Gasteiger partial charge >= 0.3 is 0 Å². The van der Waals surface area contributed by atoms with Crippen molar-refractivity contribution >= 4 is 5.91 Å². The summed E-state index contributed by atoms with van der Waals surface area (Å²) in [6.45, 7) is 4.31. The van der Waals surface area contributed by atoms with E-state index in [1.54, 1.807) is 0 Å². The monoisotopic (exact) mass is 225 g/mol. The van der Waals surface area contributed by atoms with Crippen LogP contribution in [0.2, 0.25) is 0 Å². The lowest BCUT2D eigenvalue weighted by molar-refractivity contribution is -0.135. The number of rotatable bonds is 3. The van der Waals surface area contributed by atoms with E-state index in [1.165, 1.54) is 0 Å². The first-order valence-electron chi connectivity index (χ1n) is 5.20. The van der Waals surface area contributed by atoms with Crippen LogP contribution in [0.1, 0.15) is 11.5 Å². The lowest BCUT2D eigenvalue weighted by Crippen LogP contribution is -2.47. The van der Waals surface area contributed by atoms with Crippen molar-refractivity contribution < 1.29 is 14.1 Å². The van der Waals surface area contributed by atoms with E-state index in [0.717, 1.165) is 18.0 Å². The van der Waals surface area contributed by atoms with Crippen LogP contribution in [0.3, 0.4) is 0 Å². The van der Waals surface area contributed by atoms with Gasteiger partial charge in [0.25, 0.3) is 0 Å². The van der Waals surface area contributed by atoms with E-state index in [9.17, 15) is 4.79 Å². The molecule has 0 saturated carbocycles. The summed E-state index contributed by atoms with van der Waals surface area (Å²) in [5, 5.41) is 3.91. The number of hydrogen-bond donors (Lipinski definition) is 1. The Morgan fingerprint density at radius 2 is 2.56 bits per heavy atom. The average molecular weight is 225 g/mol. The molecule has 0 spiro atoms. The Labute approximate surface area is 93.3 Å². The molecule has 2 heterocycles. The molecule has 0 aliphatic carbocycles. The molecule has 1 saturated heterocycles. The molecule has 0 bridgehead atoms. The van der Waals surface area contributed by atoms with Gasteiger partial charge in [0.05, 0.1) is 12.3 Å². The van der Waals surface area contributed by atoms with Gasteiger partial charge < -0.3 is 15.0 Å². The molecule has 1 aliphatic heterocycles. The van der Waals surface area contributed by atoms with Gasteiger partial charge in [-0.1, -0.05) is 5.16 Å². The number of primary amides is 1. The summed E-state index contributed by atoms with van der Waals surface area (Å²) in [7, 11) is 0. The van der Waals surface area contributed by atoms with Crippen molar-refractivity contribution in [2.45, 2.75) is 19.6 Å². The third-order valence-electron chi connectivity index (χ3n) is 2.53. The highest BCUT2D eigenvalue weighted by molar-refractivity contribution is 5.79. The fourth-order valence-corrected chi connectivity index (χ4v) is 1.74. The number of amides is 1. The standard InChI is InChI=1S/C10H15N3O3/c1-7-4-8(12-16-7)5-13-2-3-15-9(6-13)10(11)14/h4,9H,2-3,5-6H2,1H3,(H2,11,14). The number of nitrogens with two attached hydrogens (primary N) is 1. The molecule has 1 aromatic rings. The molecule has 2 N–H and O–H groups in total. The van der Waals surface area contributed by atoms with Gasteiger partial charge in [0.2, 0.25) is 5.91 Å². The highest BCUT2D eigenvalue weighted by Gasteiger charge is 2.25. The molecule has 1 atom stereocenters. The summed E-state index contributed by atoms with van der Waals surface area (Å²) in [6.07, 6.45) is -0.512. The van der Waals surface area contributed by atoms with Gasteiger partial charge in [-0.15, -0.1) is 0 Å². The highest BCUT2D eigenvalue weighted by atomic mass is 16.5. The molecule has 2 rings (SSSR count). The van der Waals surface area contributed by atoms with E-state index in [-0.39, 0.29) is 0 Å². The number of ether oxygens (including phenoxy) is 1. The van der Waals surface area contributed by atoms with Gasteiger partial charge in [-0.3, -0.25) is 9.69 Å². The Bertz CT molecular complexity index is 377. The third kappa shape index (κ3) is 2.59. The Kier molecular flexibility index (Phi) is 3.21. The maximum atomic E-state index is 11.0. The molecule has 6 heteroatoms. The number of carbonyl (C=O) groups is 1. The SMILES string of the molecule is Cc1cc(CN2CCOC(C(N)=O)C2)no1. The predicted molar refractivity (Wildman–Crippen MR) is 55.5 cm³/mol. The summed E-state index contributed by atoms with van der Waals surface area (Å²) >= 11 is 0. The van der Waals surface area contributed by atoms with Crippen LogP contribution in [0, 0.1) is 6.92 Å². The Balaban J connectivity index is 1.92. The van der Waals surface area contributed by atoms with E-state index in [2.05, 4.69) is 10.1 Å². The highest BCUT2D eigenvalue weighted by Crippen LogP contribution is 2.10. The molecule has 1 aromatic heterocycles. The van der Waals surface area contributed by atoms with Crippen molar-refractivity contribution in [2.75, 3.05) is 19.7 Å². The van der Waals surface area contributed by atoms with E-state index in [1.807, 2.05) is 13.0 Å². The van der Waals surface area contributed by atoms with Crippen LogP contribution in [-0.2, 0) is 16.1 Å². The Morgan fingerprint density at radius 1 is 1.75 bits per heavy atom. The molecule has 1 aliphatic rings.